The summed E-state index contributed by atoms with van der Waals surface area (Å²) in [4.78, 5) is 0. The Bertz CT molecular complexity index is 654. The van der Waals surface area contributed by atoms with Crippen LogP contribution in [-0.2, 0) is 6.42 Å². The van der Waals surface area contributed by atoms with E-state index in [1.165, 1.54) is 6.07 Å². The summed E-state index contributed by atoms with van der Waals surface area (Å²) >= 11 is 18.0. The van der Waals surface area contributed by atoms with Crippen LogP contribution in [0.4, 0.5) is 0 Å². The second-order valence-corrected chi connectivity index (χ2v) is 5.13. The topological polar surface area (TPSA) is 44.0 Å². The van der Waals surface area contributed by atoms with E-state index >= 15 is 0 Å². The van der Waals surface area contributed by atoms with Gasteiger partial charge in [-0.15, -0.1) is 0 Å². The van der Waals surface area contributed by atoms with Gasteiger partial charge in [-0.25, -0.2) is 0 Å². The molecular formula is C14H7Cl3NO. The highest BCUT2D eigenvalue weighted by molar-refractivity contribution is 6.39. The van der Waals surface area contributed by atoms with Crippen LogP contribution in [0.3, 0.4) is 0 Å². The van der Waals surface area contributed by atoms with Gasteiger partial charge in [0.25, 0.3) is 0 Å². The summed E-state index contributed by atoms with van der Waals surface area (Å²) in [5, 5.41) is 19.6. The Morgan fingerprint density at radius 1 is 1.16 bits per heavy atom. The SMILES string of the molecule is N#Cc1[c]c(Cc2c(Cl)cc(Cl)cc2Cl)ccc1O. The molecule has 0 saturated carbocycles. The fourth-order valence-electron chi connectivity index (χ4n) is 1.65. The molecule has 5 heteroatoms. The van der Waals surface area contributed by atoms with Gasteiger partial charge >= 0.3 is 0 Å². The number of rotatable bonds is 2. The molecule has 0 unspecified atom stereocenters. The molecule has 0 aliphatic rings. The zero-order valence-corrected chi connectivity index (χ0v) is 11.8. The predicted molar refractivity (Wildman–Crippen MR) is 75.9 cm³/mol. The fraction of sp³-hybridized carbons (Fsp3) is 0.0714. The lowest BCUT2D eigenvalue weighted by Gasteiger charge is -2.08. The molecule has 0 atom stereocenters. The van der Waals surface area contributed by atoms with Crippen LogP contribution in [0.15, 0.2) is 24.3 Å². The number of nitrogens with zero attached hydrogens (tertiary/aromatic N) is 1. The third-order valence-electron chi connectivity index (χ3n) is 2.57. The number of aromatic hydroxyl groups is 1. The Hall–Kier alpha value is -1.40. The Morgan fingerprint density at radius 2 is 1.79 bits per heavy atom. The van der Waals surface area contributed by atoms with Crippen molar-refractivity contribution in [3.63, 3.8) is 0 Å². The molecule has 0 bridgehead atoms. The number of phenols is 1. The number of phenolic OH excluding ortho intramolecular Hbond substituents is 1. The molecule has 2 nitrogen and oxygen atoms in total. The van der Waals surface area contributed by atoms with Gasteiger partial charge in [0, 0.05) is 27.6 Å². The van der Waals surface area contributed by atoms with Crippen molar-refractivity contribution < 1.29 is 5.11 Å². The van der Waals surface area contributed by atoms with Crippen LogP contribution in [0, 0.1) is 17.4 Å². The highest BCUT2D eigenvalue weighted by Gasteiger charge is 2.10. The zero-order valence-electron chi connectivity index (χ0n) is 9.54. The summed E-state index contributed by atoms with van der Waals surface area (Å²) in [5.41, 5.74) is 1.51. The average molecular weight is 312 g/mol. The van der Waals surface area contributed by atoms with E-state index < -0.39 is 0 Å². The summed E-state index contributed by atoms with van der Waals surface area (Å²) in [7, 11) is 0. The molecule has 0 aliphatic heterocycles. The van der Waals surface area contributed by atoms with Crippen molar-refractivity contribution in [3.05, 3.63) is 62.1 Å². The molecule has 1 radical (unpaired) electrons. The maximum Gasteiger partial charge on any atom is 0.133 e. The number of hydrogen-bond acceptors (Lipinski definition) is 2. The van der Waals surface area contributed by atoms with Crippen molar-refractivity contribution in [3.8, 4) is 11.8 Å². The number of halogens is 3. The summed E-state index contributed by atoms with van der Waals surface area (Å²) in [6, 6.07) is 11.0. The van der Waals surface area contributed by atoms with Crippen molar-refractivity contribution in [2.45, 2.75) is 6.42 Å². The second kappa shape index (κ2) is 5.71. The summed E-state index contributed by atoms with van der Waals surface area (Å²) in [6.07, 6.45) is 0.407. The van der Waals surface area contributed by atoms with E-state index in [0.717, 1.165) is 0 Å². The standard InChI is InChI=1S/C14H7Cl3NO/c15-10-5-12(16)11(13(17)6-10)4-8-1-2-14(19)9(3-8)7-18/h1-2,5-6,19H,4H2. The third-order valence-corrected chi connectivity index (χ3v) is 3.46. The molecule has 0 saturated heterocycles. The Labute approximate surface area is 125 Å². The summed E-state index contributed by atoms with van der Waals surface area (Å²) in [6.45, 7) is 0. The highest BCUT2D eigenvalue weighted by atomic mass is 35.5. The molecule has 0 spiro atoms. The van der Waals surface area contributed by atoms with Gasteiger partial charge in [-0.3, -0.25) is 0 Å². The minimum Gasteiger partial charge on any atom is -0.507 e. The molecule has 0 aromatic heterocycles. The molecule has 19 heavy (non-hydrogen) atoms. The molecule has 95 valence electrons. The van der Waals surface area contributed by atoms with Crippen LogP contribution in [-0.4, -0.2) is 5.11 Å². The van der Waals surface area contributed by atoms with Gasteiger partial charge in [0.05, 0.1) is 0 Å². The first-order chi connectivity index (χ1) is 9.01. The van der Waals surface area contributed by atoms with Crippen LogP contribution >= 0.6 is 34.8 Å². The van der Waals surface area contributed by atoms with Gasteiger partial charge in [-0.1, -0.05) is 40.9 Å². The Morgan fingerprint density at radius 3 is 2.37 bits per heavy atom. The normalized spacial score (nSPS) is 10.2. The van der Waals surface area contributed by atoms with Crippen LogP contribution in [0.2, 0.25) is 15.1 Å². The number of benzene rings is 2. The largest absolute Gasteiger partial charge is 0.507 e. The van der Waals surface area contributed by atoms with Crippen molar-refractivity contribution in [1.82, 2.24) is 0 Å². The molecule has 2 rings (SSSR count). The number of hydrogen-bond donors (Lipinski definition) is 1. The van der Waals surface area contributed by atoms with Crippen LogP contribution < -0.4 is 0 Å². The fourth-order valence-corrected chi connectivity index (χ4v) is 2.60. The molecule has 0 heterocycles. The first-order valence-electron chi connectivity index (χ1n) is 5.29. The predicted octanol–water partition coefficient (Wildman–Crippen LogP) is 4.62. The minimum absolute atomic E-state index is 0.0960. The van der Waals surface area contributed by atoms with Gasteiger partial charge < -0.3 is 5.11 Å². The van der Waals surface area contributed by atoms with Crippen molar-refractivity contribution >= 4 is 34.8 Å². The smallest absolute Gasteiger partial charge is 0.133 e. The first kappa shape index (κ1) is 14.0. The molecule has 2 aromatic carbocycles. The number of nitriles is 1. The van der Waals surface area contributed by atoms with E-state index in [-0.39, 0.29) is 11.3 Å². The van der Waals surface area contributed by atoms with E-state index in [4.69, 9.17) is 40.1 Å². The summed E-state index contributed by atoms with van der Waals surface area (Å²) in [5.74, 6) is -0.0976. The van der Waals surface area contributed by atoms with Gasteiger partial charge in [0.1, 0.15) is 17.4 Å². The molecule has 2 aromatic rings. The van der Waals surface area contributed by atoms with Gasteiger partial charge in [0.2, 0.25) is 0 Å². The van der Waals surface area contributed by atoms with Gasteiger partial charge in [-0.2, -0.15) is 5.26 Å². The first-order valence-corrected chi connectivity index (χ1v) is 6.42. The lowest BCUT2D eigenvalue weighted by atomic mass is 10.0. The van der Waals surface area contributed by atoms with E-state index in [1.54, 1.807) is 18.2 Å². The lowest BCUT2D eigenvalue weighted by molar-refractivity contribution is 0.473. The van der Waals surface area contributed by atoms with E-state index in [0.29, 0.717) is 32.6 Å². The van der Waals surface area contributed by atoms with Crippen molar-refractivity contribution in [2.75, 3.05) is 0 Å². The molecule has 0 fully saturated rings. The highest BCUT2D eigenvalue weighted by Crippen LogP contribution is 2.31. The Kier molecular flexibility index (Phi) is 4.21. The van der Waals surface area contributed by atoms with E-state index in [9.17, 15) is 5.11 Å². The van der Waals surface area contributed by atoms with Gasteiger partial charge in [-0.05, 0) is 29.3 Å². The average Bonchev–Trinajstić information content (AvgIpc) is 2.35. The van der Waals surface area contributed by atoms with Crippen molar-refractivity contribution in [2.24, 2.45) is 0 Å². The van der Waals surface area contributed by atoms with Crippen molar-refractivity contribution in [1.29, 1.82) is 5.26 Å². The van der Waals surface area contributed by atoms with Crippen LogP contribution in [0.1, 0.15) is 16.7 Å². The Balaban J connectivity index is 2.40. The molecular weight excluding hydrogens is 305 g/mol. The monoisotopic (exact) mass is 310 g/mol. The maximum absolute atomic E-state index is 9.42. The molecule has 0 amide bonds. The second-order valence-electron chi connectivity index (χ2n) is 3.88. The van der Waals surface area contributed by atoms with Crippen LogP contribution in [0.5, 0.6) is 5.75 Å². The maximum atomic E-state index is 9.42. The van der Waals surface area contributed by atoms with Gasteiger partial charge in [0.15, 0.2) is 0 Å². The third kappa shape index (κ3) is 3.13. The quantitative estimate of drug-likeness (QED) is 0.879. The summed E-state index contributed by atoms with van der Waals surface area (Å²) < 4.78 is 0. The van der Waals surface area contributed by atoms with Crippen LogP contribution in [0.25, 0.3) is 0 Å². The zero-order chi connectivity index (χ0) is 14.0. The molecule has 1 N–H and O–H groups in total. The lowest BCUT2D eigenvalue weighted by Crippen LogP contribution is -1.93. The minimum atomic E-state index is -0.0976. The molecule has 0 aliphatic carbocycles. The van der Waals surface area contributed by atoms with E-state index in [1.807, 2.05) is 6.07 Å². The van der Waals surface area contributed by atoms with E-state index in [2.05, 4.69) is 6.07 Å².